The first-order valence-electron chi connectivity index (χ1n) is 8.17. The average molecular weight is 428 g/mol. The molecule has 0 aliphatic carbocycles. The molecule has 2 aromatic carbocycles. The lowest BCUT2D eigenvalue weighted by molar-refractivity contribution is 0.917. The van der Waals surface area contributed by atoms with Crippen LogP contribution >= 0.6 is 27.5 Å². The number of aryl methyl sites for hydroxylation is 2. The van der Waals surface area contributed by atoms with E-state index < -0.39 is 0 Å². The van der Waals surface area contributed by atoms with E-state index in [9.17, 15) is 0 Å². The molecule has 0 saturated carbocycles. The summed E-state index contributed by atoms with van der Waals surface area (Å²) in [6.45, 7) is 3.98. The molecule has 0 fully saturated rings. The van der Waals surface area contributed by atoms with Gasteiger partial charge in [0, 0.05) is 32.5 Å². The molecule has 26 heavy (non-hydrogen) atoms. The fourth-order valence-electron chi connectivity index (χ4n) is 2.97. The number of anilines is 2. The van der Waals surface area contributed by atoms with E-state index in [-0.39, 0.29) is 0 Å². The average Bonchev–Trinajstić information content (AvgIpc) is 2.94. The molecule has 4 nitrogen and oxygen atoms in total. The first-order chi connectivity index (χ1) is 12.5. The summed E-state index contributed by atoms with van der Waals surface area (Å²) in [5.41, 5.74) is 5.72. The zero-order chi connectivity index (χ0) is 18.3. The molecule has 130 valence electrons. The Morgan fingerprint density at radius 1 is 1.00 bits per heavy atom. The van der Waals surface area contributed by atoms with Crippen molar-refractivity contribution in [3.05, 3.63) is 75.5 Å². The van der Waals surface area contributed by atoms with E-state index in [0.717, 1.165) is 44.1 Å². The number of rotatable bonds is 3. The fourth-order valence-corrected chi connectivity index (χ4v) is 3.36. The lowest BCUT2D eigenvalue weighted by atomic mass is 10.1. The van der Waals surface area contributed by atoms with Crippen LogP contribution < -0.4 is 5.32 Å². The van der Waals surface area contributed by atoms with Crippen LogP contribution in [0.5, 0.6) is 0 Å². The molecule has 0 aliphatic heterocycles. The molecule has 4 rings (SSSR count). The van der Waals surface area contributed by atoms with Gasteiger partial charge in [0.1, 0.15) is 5.82 Å². The van der Waals surface area contributed by atoms with E-state index in [2.05, 4.69) is 21.2 Å². The summed E-state index contributed by atoms with van der Waals surface area (Å²) in [5.74, 6) is 0.873. The number of halogens is 2. The van der Waals surface area contributed by atoms with Gasteiger partial charge >= 0.3 is 0 Å². The minimum absolute atomic E-state index is 0.713. The van der Waals surface area contributed by atoms with Gasteiger partial charge in [-0.2, -0.15) is 9.61 Å². The number of fused-ring (bicyclic) bond motifs is 1. The molecule has 2 aromatic heterocycles. The van der Waals surface area contributed by atoms with Crippen LogP contribution in [-0.4, -0.2) is 14.6 Å². The maximum Gasteiger partial charge on any atom is 0.165 e. The minimum Gasteiger partial charge on any atom is -0.340 e. The summed E-state index contributed by atoms with van der Waals surface area (Å²) in [6, 6.07) is 17.8. The Bertz CT molecular complexity index is 1090. The van der Waals surface area contributed by atoms with Crippen molar-refractivity contribution in [3.8, 4) is 11.1 Å². The minimum atomic E-state index is 0.713. The standard InChI is InChI=1S/C20H16BrClN4/c1-12-11-18(24-17-9-5-15(21)6-10-17)26-20(23-12)19(13(2)25-26)14-3-7-16(22)8-4-14/h3-11,24H,1-2H3. The number of benzene rings is 2. The van der Waals surface area contributed by atoms with Crippen molar-refractivity contribution >= 4 is 44.7 Å². The van der Waals surface area contributed by atoms with Crippen molar-refractivity contribution in [3.63, 3.8) is 0 Å². The Morgan fingerprint density at radius 3 is 2.38 bits per heavy atom. The number of hydrogen-bond donors (Lipinski definition) is 1. The number of hydrogen-bond acceptors (Lipinski definition) is 3. The van der Waals surface area contributed by atoms with Crippen molar-refractivity contribution < 1.29 is 0 Å². The second-order valence-electron chi connectivity index (χ2n) is 6.12. The van der Waals surface area contributed by atoms with Gasteiger partial charge < -0.3 is 5.32 Å². The molecule has 0 bridgehead atoms. The monoisotopic (exact) mass is 426 g/mol. The first-order valence-corrected chi connectivity index (χ1v) is 9.34. The third-order valence-electron chi connectivity index (χ3n) is 4.14. The molecule has 2 heterocycles. The highest BCUT2D eigenvalue weighted by Gasteiger charge is 2.16. The van der Waals surface area contributed by atoms with Crippen LogP contribution in [0.4, 0.5) is 11.5 Å². The Labute approximate surface area is 165 Å². The molecule has 0 atom stereocenters. The van der Waals surface area contributed by atoms with Crippen LogP contribution in [-0.2, 0) is 0 Å². The summed E-state index contributed by atoms with van der Waals surface area (Å²) in [5, 5.41) is 8.86. The van der Waals surface area contributed by atoms with Crippen molar-refractivity contribution in [2.45, 2.75) is 13.8 Å². The second kappa shape index (κ2) is 6.74. The fraction of sp³-hybridized carbons (Fsp3) is 0.100. The molecule has 0 unspecified atom stereocenters. The summed E-state index contributed by atoms with van der Waals surface area (Å²) in [6.07, 6.45) is 0. The molecule has 1 N–H and O–H groups in total. The lowest BCUT2D eigenvalue weighted by Gasteiger charge is -2.10. The Balaban J connectivity index is 1.86. The van der Waals surface area contributed by atoms with Gasteiger partial charge in [0.15, 0.2) is 5.65 Å². The number of nitrogens with zero attached hydrogens (tertiary/aromatic N) is 3. The van der Waals surface area contributed by atoms with Crippen molar-refractivity contribution in [2.75, 3.05) is 5.32 Å². The second-order valence-corrected chi connectivity index (χ2v) is 7.47. The van der Waals surface area contributed by atoms with Gasteiger partial charge in [-0.25, -0.2) is 4.98 Å². The zero-order valence-electron chi connectivity index (χ0n) is 14.3. The van der Waals surface area contributed by atoms with Crippen LogP contribution in [0, 0.1) is 13.8 Å². The lowest BCUT2D eigenvalue weighted by Crippen LogP contribution is -2.02. The predicted octanol–water partition coefficient (Wildman–Crippen LogP) is 6.17. The Hall–Kier alpha value is -2.37. The molecular weight excluding hydrogens is 412 g/mol. The molecular formula is C20H16BrClN4. The van der Waals surface area contributed by atoms with Crippen LogP contribution in [0.3, 0.4) is 0 Å². The third kappa shape index (κ3) is 3.20. The molecule has 0 amide bonds. The highest BCUT2D eigenvalue weighted by Crippen LogP contribution is 2.31. The molecule has 6 heteroatoms. The van der Waals surface area contributed by atoms with E-state index in [1.54, 1.807) is 0 Å². The smallest absolute Gasteiger partial charge is 0.165 e. The van der Waals surface area contributed by atoms with Crippen LogP contribution in [0.15, 0.2) is 59.1 Å². The largest absolute Gasteiger partial charge is 0.340 e. The Kier molecular flexibility index (Phi) is 4.42. The van der Waals surface area contributed by atoms with Crippen molar-refractivity contribution in [1.29, 1.82) is 0 Å². The van der Waals surface area contributed by atoms with Gasteiger partial charge in [-0.3, -0.25) is 0 Å². The quantitative estimate of drug-likeness (QED) is 0.425. The van der Waals surface area contributed by atoms with Gasteiger partial charge in [-0.15, -0.1) is 0 Å². The molecule has 0 saturated heterocycles. The van der Waals surface area contributed by atoms with Crippen molar-refractivity contribution in [2.24, 2.45) is 0 Å². The zero-order valence-corrected chi connectivity index (χ0v) is 16.6. The van der Waals surface area contributed by atoms with Crippen LogP contribution in [0.1, 0.15) is 11.4 Å². The topological polar surface area (TPSA) is 42.2 Å². The number of nitrogens with one attached hydrogen (secondary N) is 1. The summed E-state index contributed by atoms with van der Waals surface area (Å²) < 4.78 is 2.90. The SMILES string of the molecule is Cc1cc(Nc2ccc(Br)cc2)n2nc(C)c(-c3ccc(Cl)cc3)c2n1. The van der Waals surface area contributed by atoms with E-state index in [0.29, 0.717) is 5.02 Å². The van der Waals surface area contributed by atoms with E-state index >= 15 is 0 Å². The maximum atomic E-state index is 6.03. The highest BCUT2D eigenvalue weighted by molar-refractivity contribution is 9.10. The summed E-state index contributed by atoms with van der Waals surface area (Å²) in [7, 11) is 0. The normalized spacial score (nSPS) is 11.1. The number of aromatic nitrogens is 3. The maximum absolute atomic E-state index is 6.03. The predicted molar refractivity (Wildman–Crippen MR) is 110 cm³/mol. The van der Waals surface area contributed by atoms with Crippen molar-refractivity contribution in [1.82, 2.24) is 14.6 Å². The first kappa shape index (κ1) is 17.1. The van der Waals surface area contributed by atoms with Gasteiger partial charge in [0.2, 0.25) is 0 Å². The Morgan fingerprint density at radius 2 is 1.69 bits per heavy atom. The molecule has 0 spiro atoms. The molecule has 0 radical (unpaired) electrons. The van der Waals surface area contributed by atoms with Crippen LogP contribution in [0.2, 0.25) is 5.02 Å². The van der Waals surface area contributed by atoms with Gasteiger partial charge in [-0.05, 0) is 55.8 Å². The molecule has 0 aliphatic rings. The van der Waals surface area contributed by atoms with Crippen LogP contribution in [0.25, 0.3) is 16.8 Å². The molecule has 4 aromatic rings. The summed E-state index contributed by atoms with van der Waals surface area (Å²) >= 11 is 9.49. The highest BCUT2D eigenvalue weighted by atomic mass is 79.9. The summed E-state index contributed by atoms with van der Waals surface area (Å²) in [4.78, 5) is 4.73. The van der Waals surface area contributed by atoms with Gasteiger partial charge in [0.25, 0.3) is 0 Å². The van der Waals surface area contributed by atoms with E-state index in [1.807, 2.05) is 73.0 Å². The third-order valence-corrected chi connectivity index (χ3v) is 4.92. The van der Waals surface area contributed by atoms with E-state index in [1.165, 1.54) is 0 Å². The van der Waals surface area contributed by atoms with E-state index in [4.69, 9.17) is 21.7 Å². The van der Waals surface area contributed by atoms with Gasteiger partial charge in [0.05, 0.1) is 5.69 Å². The van der Waals surface area contributed by atoms with Gasteiger partial charge in [-0.1, -0.05) is 39.7 Å².